The van der Waals surface area contributed by atoms with Gasteiger partial charge in [-0.3, -0.25) is 14.4 Å². The number of oxazole rings is 1. The highest BCUT2D eigenvalue weighted by molar-refractivity contribution is 6.20. The average Bonchev–Trinajstić information content (AvgIpc) is 3.49. The summed E-state index contributed by atoms with van der Waals surface area (Å²) in [6.07, 6.45) is 3.43. The van der Waals surface area contributed by atoms with E-state index in [4.69, 9.17) is 4.42 Å². The van der Waals surface area contributed by atoms with Crippen molar-refractivity contribution in [2.45, 2.75) is 74.7 Å². The molecule has 2 heterocycles. The predicted molar refractivity (Wildman–Crippen MR) is 155 cm³/mol. The largest absolute Gasteiger partial charge is 0.434 e. The van der Waals surface area contributed by atoms with Gasteiger partial charge in [-0.15, -0.1) is 0 Å². The minimum absolute atomic E-state index is 0.0352. The van der Waals surface area contributed by atoms with Crippen LogP contribution < -0.4 is 5.32 Å². The molecule has 1 N–H and O–H groups in total. The topological polar surface area (TPSA) is 102 Å². The van der Waals surface area contributed by atoms with Crippen molar-refractivity contribution >= 4 is 34.4 Å². The number of carbonyl (C=O) groups is 3. The molecule has 1 aliphatic heterocycles. The van der Waals surface area contributed by atoms with E-state index in [0.29, 0.717) is 17.0 Å². The van der Waals surface area contributed by atoms with Crippen molar-refractivity contribution in [1.29, 1.82) is 0 Å². The lowest BCUT2D eigenvalue weighted by Crippen LogP contribution is -2.34. The number of fused-ring (bicyclic) bond motifs is 2. The number of carbonyl (C=O) groups excluding carboxylic acids is 3. The maximum Gasteiger partial charge on any atom is 0.277 e. The number of hydrogen-bond donors (Lipinski definition) is 1. The summed E-state index contributed by atoms with van der Waals surface area (Å²) in [6.45, 7) is 16.1. The Morgan fingerprint density at radius 3 is 2.05 bits per heavy atom. The van der Waals surface area contributed by atoms with Crippen LogP contribution in [0.3, 0.4) is 0 Å². The van der Waals surface area contributed by atoms with Crippen LogP contribution in [0.15, 0.2) is 57.9 Å². The summed E-state index contributed by atoms with van der Waals surface area (Å²) >= 11 is 0. The molecule has 7 nitrogen and oxygen atoms in total. The van der Waals surface area contributed by atoms with Crippen molar-refractivity contribution < 1.29 is 18.8 Å². The number of para-hydroxylation sites is 2. The molecular weight excluding hydrogens is 478 g/mol. The summed E-state index contributed by atoms with van der Waals surface area (Å²) in [5.41, 5.74) is 3.73. The Balaban J connectivity index is 0.000000352. The van der Waals surface area contributed by atoms with E-state index >= 15 is 0 Å². The number of aromatic nitrogens is 1. The van der Waals surface area contributed by atoms with Gasteiger partial charge in [-0.2, -0.15) is 0 Å². The molecule has 0 unspecified atom stereocenters. The van der Waals surface area contributed by atoms with Gasteiger partial charge in [0.25, 0.3) is 11.8 Å². The van der Waals surface area contributed by atoms with Gasteiger partial charge >= 0.3 is 0 Å². The second-order valence-electron chi connectivity index (χ2n) is 9.21. The Hall–Kier alpha value is -3.61. The second-order valence-corrected chi connectivity index (χ2v) is 9.21. The van der Waals surface area contributed by atoms with Gasteiger partial charge < -0.3 is 9.73 Å². The monoisotopic (exact) mass is 521 g/mol. The highest BCUT2D eigenvalue weighted by Crippen LogP contribution is 2.18. The molecule has 2 aromatic carbocycles. The minimum Gasteiger partial charge on any atom is -0.434 e. The van der Waals surface area contributed by atoms with Crippen LogP contribution in [0, 0.1) is 11.8 Å². The fourth-order valence-electron chi connectivity index (χ4n) is 3.48. The average molecular weight is 522 g/mol. The van der Waals surface area contributed by atoms with Crippen molar-refractivity contribution in [3.8, 4) is 0 Å². The van der Waals surface area contributed by atoms with E-state index in [2.05, 4.69) is 43.0 Å². The molecule has 0 aliphatic carbocycles. The van der Waals surface area contributed by atoms with E-state index in [9.17, 15) is 14.4 Å². The number of benzene rings is 2. The Kier molecular flexibility index (Phi) is 14.5. The molecule has 0 saturated heterocycles. The van der Waals surface area contributed by atoms with E-state index in [1.165, 1.54) is 12.8 Å². The molecule has 4 rings (SSSR count). The third kappa shape index (κ3) is 10.0. The fraction of sp³-hybridized carbons (Fsp3) is 0.452. The van der Waals surface area contributed by atoms with Gasteiger partial charge in [-0.05, 0) is 37.5 Å². The van der Waals surface area contributed by atoms with Gasteiger partial charge in [0.15, 0.2) is 5.58 Å². The molecule has 3 aromatic rings. The van der Waals surface area contributed by atoms with Gasteiger partial charge in [0.1, 0.15) is 5.52 Å². The number of amides is 2. The van der Waals surface area contributed by atoms with Crippen LogP contribution in [0.5, 0.6) is 0 Å². The van der Waals surface area contributed by atoms with Crippen LogP contribution >= 0.6 is 0 Å². The van der Waals surface area contributed by atoms with Crippen LogP contribution in [-0.4, -0.2) is 34.8 Å². The Labute approximate surface area is 227 Å². The van der Waals surface area contributed by atoms with Gasteiger partial charge in [0.05, 0.1) is 12.1 Å². The van der Waals surface area contributed by atoms with E-state index in [-0.39, 0.29) is 36.0 Å². The van der Waals surface area contributed by atoms with Crippen LogP contribution in [0.2, 0.25) is 0 Å². The number of Topliss-reactive ketones (excluding diaryl/α,β-unsaturated/α-hetero) is 1. The smallest absolute Gasteiger partial charge is 0.277 e. The second kappa shape index (κ2) is 17.0. The molecule has 7 heteroatoms. The van der Waals surface area contributed by atoms with Crippen LogP contribution in [0.25, 0.3) is 11.1 Å². The highest BCUT2D eigenvalue weighted by Gasteiger charge is 2.19. The number of aliphatic imine (C=N–C) groups is 1. The number of unbranched alkanes of at least 4 members (excludes halogenated alkanes) is 1. The van der Waals surface area contributed by atoms with Crippen molar-refractivity contribution in [2.75, 3.05) is 6.54 Å². The standard InChI is InChI=1S/C16H20N2O3.C9H7NO.C4H10.C2H6/c1-10(2)8-11(3)15(20)17-9-13(19)16-18-12-6-4-5-7-14(12)21-16;1-6-7-4-2-3-5-8(7)9(11)10-6;1-3-4-2;1-2/h4-7,10-11H,8-9H2,1-3H3,(H,17,20);2-5H,1H3;3-4H2,1-2H3;1-2H3/t11-;;;/m0.../s1. The Bertz CT molecular complexity index is 1180. The molecule has 2 amide bonds. The molecule has 0 saturated carbocycles. The molecule has 0 radical (unpaired) electrons. The summed E-state index contributed by atoms with van der Waals surface area (Å²) in [7, 11) is 0. The number of hydrogen-bond acceptors (Lipinski definition) is 5. The van der Waals surface area contributed by atoms with E-state index < -0.39 is 0 Å². The summed E-state index contributed by atoms with van der Waals surface area (Å²) < 4.78 is 5.38. The number of rotatable bonds is 7. The Morgan fingerprint density at radius 2 is 1.50 bits per heavy atom. The third-order valence-corrected chi connectivity index (χ3v) is 5.54. The van der Waals surface area contributed by atoms with Crippen LogP contribution in [0.4, 0.5) is 0 Å². The highest BCUT2D eigenvalue weighted by atomic mass is 16.4. The molecular formula is C31H43N3O4. The van der Waals surface area contributed by atoms with Gasteiger partial charge in [-0.25, -0.2) is 9.98 Å². The molecule has 1 aliphatic rings. The molecule has 0 fully saturated rings. The number of ketones is 1. The summed E-state index contributed by atoms with van der Waals surface area (Å²) in [4.78, 5) is 42.9. The van der Waals surface area contributed by atoms with Crippen molar-refractivity contribution in [3.05, 3.63) is 65.5 Å². The van der Waals surface area contributed by atoms with Gasteiger partial charge in [0, 0.05) is 17.2 Å². The zero-order chi connectivity index (χ0) is 28.7. The van der Waals surface area contributed by atoms with Gasteiger partial charge in [-0.1, -0.05) is 91.6 Å². The summed E-state index contributed by atoms with van der Waals surface area (Å²) in [5, 5.41) is 2.64. The van der Waals surface area contributed by atoms with Crippen molar-refractivity contribution in [2.24, 2.45) is 16.8 Å². The minimum atomic E-state index is -0.323. The molecule has 206 valence electrons. The molecule has 0 bridgehead atoms. The first kappa shape index (κ1) is 32.4. The zero-order valence-electron chi connectivity index (χ0n) is 24.1. The molecule has 38 heavy (non-hydrogen) atoms. The Morgan fingerprint density at radius 1 is 0.921 bits per heavy atom. The maximum atomic E-state index is 12.0. The van der Waals surface area contributed by atoms with Crippen LogP contribution in [-0.2, 0) is 4.79 Å². The van der Waals surface area contributed by atoms with Crippen LogP contribution in [0.1, 0.15) is 101 Å². The quantitative estimate of drug-likeness (QED) is 0.329. The van der Waals surface area contributed by atoms with Gasteiger partial charge in [0.2, 0.25) is 11.7 Å². The lowest BCUT2D eigenvalue weighted by molar-refractivity contribution is -0.124. The first-order valence-corrected chi connectivity index (χ1v) is 13.5. The molecule has 1 atom stereocenters. The van der Waals surface area contributed by atoms with E-state index in [0.717, 1.165) is 23.3 Å². The first-order valence-electron chi connectivity index (χ1n) is 13.5. The normalized spacial score (nSPS) is 12.1. The lowest BCUT2D eigenvalue weighted by atomic mass is 9.98. The first-order chi connectivity index (χ1) is 18.2. The number of nitrogens with one attached hydrogen (secondary N) is 1. The van der Waals surface area contributed by atoms with Crippen molar-refractivity contribution in [1.82, 2.24) is 10.3 Å². The van der Waals surface area contributed by atoms with Crippen molar-refractivity contribution in [3.63, 3.8) is 0 Å². The van der Waals surface area contributed by atoms with E-state index in [1.54, 1.807) is 18.2 Å². The fourth-order valence-corrected chi connectivity index (χ4v) is 3.48. The third-order valence-electron chi connectivity index (χ3n) is 5.54. The summed E-state index contributed by atoms with van der Waals surface area (Å²) in [6, 6.07) is 14.7. The summed E-state index contributed by atoms with van der Waals surface area (Å²) in [5.74, 6) is -0.185. The molecule has 1 aromatic heterocycles. The lowest BCUT2D eigenvalue weighted by Gasteiger charge is -2.13. The molecule has 0 spiro atoms. The number of nitrogens with zero attached hydrogens (tertiary/aromatic N) is 2. The zero-order valence-corrected chi connectivity index (χ0v) is 24.1. The SMILES string of the molecule is CC.CC(C)C[C@H](C)C(=O)NCC(=O)c1nc2ccccc2o1.CC1=NC(=O)c2ccccc21.CCCC. The maximum absolute atomic E-state index is 12.0. The predicted octanol–water partition coefficient (Wildman–Crippen LogP) is 7.29. The van der Waals surface area contributed by atoms with E-state index in [1.807, 2.05) is 58.0 Å².